The molecule has 3 N–H and O–H groups in total. The Morgan fingerprint density at radius 3 is 2.48 bits per heavy atom. The lowest BCUT2D eigenvalue weighted by Gasteiger charge is -2.37. The van der Waals surface area contributed by atoms with E-state index in [1.807, 2.05) is 18.2 Å². The smallest absolute Gasteiger partial charge is 0.211 e. The topological polar surface area (TPSA) is 97.3 Å². The number of nitrogens with zero attached hydrogens (tertiary/aromatic N) is 3. The van der Waals surface area contributed by atoms with Crippen LogP contribution in [0.4, 0.5) is 5.69 Å². The highest BCUT2D eigenvalue weighted by Crippen LogP contribution is 2.27. The molecule has 0 aliphatic carbocycles. The molecule has 140 valence electrons. The maximum atomic E-state index is 11.4. The van der Waals surface area contributed by atoms with Crippen LogP contribution in [-0.2, 0) is 10.0 Å². The van der Waals surface area contributed by atoms with Crippen LogP contribution < -0.4 is 14.9 Å². The molecular weight excluding hydrogens is 342 g/mol. The van der Waals surface area contributed by atoms with Gasteiger partial charge in [-0.2, -0.15) is 0 Å². The molecule has 0 amide bonds. The zero-order valence-electron chi connectivity index (χ0n) is 14.8. The van der Waals surface area contributed by atoms with Crippen molar-refractivity contribution < 1.29 is 13.5 Å². The summed E-state index contributed by atoms with van der Waals surface area (Å²) in [5.74, 6) is 1.13. The standard InChI is InChI=1S/C16H27N5O3S/c1-3-25(23,24)19-9-8-18-16(17-2)21-12-10-20(11-13-21)14-6-4-5-7-15(14)22/h4-7,19,22H,3,8-13H2,1-2H3,(H,17,18). The number of guanidine groups is 1. The number of anilines is 1. The van der Waals surface area contributed by atoms with Gasteiger partial charge in [-0.15, -0.1) is 0 Å². The molecule has 1 aliphatic rings. The Morgan fingerprint density at radius 1 is 1.20 bits per heavy atom. The van der Waals surface area contributed by atoms with E-state index in [4.69, 9.17) is 0 Å². The van der Waals surface area contributed by atoms with Gasteiger partial charge in [0.15, 0.2) is 5.96 Å². The molecule has 0 unspecified atom stereocenters. The van der Waals surface area contributed by atoms with Crippen molar-refractivity contribution in [1.82, 2.24) is 14.9 Å². The highest BCUT2D eigenvalue weighted by Gasteiger charge is 2.21. The van der Waals surface area contributed by atoms with Crippen LogP contribution in [0.2, 0.25) is 0 Å². The van der Waals surface area contributed by atoms with E-state index >= 15 is 0 Å². The Hall–Kier alpha value is -2.00. The summed E-state index contributed by atoms with van der Waals surface area (Å²) in [5.41, 5.74) is 0.846. The summed E-state index contributed by atoms with van der Waals surface area (Å²) in [6.45, 7) is 5.52. The summed E-state index contributed by atoms with van der Waals surface area (Å²) in [6, 6.07) is 7.34. The van der Waals surface area contributed by atoms with E-state index in [2.05, 4.69) is 24.8 Å². The van der Waals surface area contributed by atoms with E-state index in [1.54, 1.807) is 20.0 Å². The average Bonchev–Trinajstić information content (AvgIpc) is 2.62. The van der Waals surface area contributed by atoms with Gasteiger partial charge in [0, 0.05) is 46.3 Å². The maximum Gasteiger partial charge on any atom is 0.211 e. The Bertz CT molecular complexity index is 685. The molecule has 1 heterocycles. The maximum absolute atomic E-state index is 11.4. The minimum Gasteiger partial charge on any atom is -0.506 e. The number of sulfonamides is 1. The van der Waals surface area contributed by atoms with Gasteiger partial charge in [0.25, 0.3) is 0 Å². The van der Waals surface area contributed by atoms with Crippen LogP contribution in [0.1, 0.15) is 6.92 Å². The molecular formula is C16H27N5O3S. The SMILES string of the molecule is CCS(=O)(=O)NCCNC(=NC)N1CCN(c2ccccc2O)CC1. The van der Waals surface area contributed by atoms with Crippen LogP contribution in [0.15, 0.2) is 29.3 Å². The number of para-hydroxylation sites is 2. The summed E-state index contributed by atoms with van der Waals surface area (Å²) < 4.78 is 25.3. The van der Waals surface area contributed by atoms with Crippen molar-refractivity contribution >= 4 is 21.7 Å². The van der Waals surface area contributed by atoms with Crippen LogP contribution in [0.3, 0.4) is 0 Å². The number of phenols is 1. The van der Waals surface area contributed by atoms with Crippen LogP contribution in [-0.4, -0.2) is 76.5 Å². The molecule has 0 bridgehead atoms. The Balaban J connectivity index is 1.81. The molecule has 2 rings (SSSR count). The minimum absolute atomic E-state index is 0.0794. The normalized spacial score (nSPS) is 16.2. The predicted octanol–water partition coefficient (Wildman–Crippen LogP) is 0.0289. The Kier molecular flexibility index (Phi) is 6.89. The van der Waals surface area contributed by atoms with Crippen molar-refractivity contribution in [2.45, 2.75) is 6.92 Å². The lowest BCUT2D eigenvalue weighted by Crippen LogP contribution is -2.53. The molecule has 0 aromatic heterocycles. The van der Waals surface area contributed by atoms with Crippen molar-refractivity contribution in [3.05, 3.63) is 24.3 Å². The number of piperazine rings is 1. The average molecular weight is 369 g/mol. The fourth-order valence-corrected chi connectivity index (χ4v) is 3.32. The van der Waals surface area contributed by atoms with Crippen molar-refractivity contribution in [2.75, 3.05) is 57.0 Å². The second-order valence-electron chi connectivity index (χ2n) is 5.73. The largest absolute Gasteiger partial charge is 0.506 e. The molecule has 0 spiro atoms. The number of rotatable bonds is 6. The van der Waals surface area contributed by atoms with E-state index in [9.17, 15) is 13.5 Å². The minimum atomic E-state index is -3.16. The van der Waals surface area contributed by atoms with Crippen molar-refractivity contribution in [2.24, 2.45) is 4.99 Å². The summed E-state index contributed by atoms with van der Waals surface area (Å²) >= 11 is 0. The van der Waals surface area contributed by atoms with E-state index in [0.717, 1.165) is 37.8 Å². The first kappa shape index (κ1) is 19.3. The number of benzene rings is 1. The second-order valence-corrected chi connectivity index (χ2v) is 7.83. The van der Waals surface area contributed by atoms with Crippen LogP contribution in [0.5, 0.6) is 5.75 Å². The van der Waals surface area contributed by atoms with Gasteiger partial charge in [-0.3, -0.25) is 4.99 Å². The Labute approximate surface area is 149 Å². The fraction of sp³-hybridized carbons (Fsp3) is 0.562. The van der Waals surface area contributed by atoms with Gasteiger partial charge in [-0.1, -0.05) is 12.1 Å². The van der Waals surface area contributed by atoms with E-state index in [0.29, 0.717) is 18.8 Å². The number of nitrogens with one attached hydrogen (secondary N) is 2. The van der Waals surface area contributed by atoms with E-state index in [-0.39, 0.29) is 5.75 Å². The Morgan fingerprint density at radius 2 is 1.88 bits per heavy atom. The summed E-state index contributed by atoms with van der Waals surface area (Å²) in [6.07, 6.45) is 0. The lowest BCUT2D eigenvalue weighted by atomic mass is 10.2. The molecule has 0 radical (unpaired) electrons. The van der Waals surface area contributed by atoms with Gasteiger partial charge in [0.2, 0.25) is 10.0 Å². The van der Waals surface area contributed by atoms with Crippen molar-refractivity contribution in [3.63, 3.8) is 0 Å². The second kappa shape index (κ2) is 8.91. The molecule has 1 fully saturated rings. The highest BCUT2D eigenvalue weighted by molar-refractivity contribution is 7.89. The molecule has 25 heavy (non-hydrogen) atoms. The number of hydrogen-bond donors (Lipinski definition) is 3. The number of aromatic hydroxyl groups is 1. The zero-order chi connectivity index (χ0) is 18.3. The molecule has 1 saturated heterocycles. The van der Waals surface area contributed by atoms with Gasteiger partial charge in [0.05, 0.1) is 11.4 Å². The van der Waals surface area contributed by atoms with Crippen molar-refractivity contribution in [1.29, 1.82) is 0 Å². The molecule has 1 aliphatic heterocycles. The number of phenolic OH excluding ortho intramolecular Hbond substituents is 1. The highest BCUT2D eigenvalue weighted by atomic mass is 32.2. The number of aliphatic imine (C=N–C) groups is 1. The fourth-order valence-electron chi connectivity index (χ4n) is 2.71. The summed E-state index contributed by atoms with van der Waals surface area (Å²) in [5, 5.41) is 13.1. The van der Waals surface area contributed by atoms with E-state index < -0.39 is 10.0 Å². The zero-order valence-corrected chi connectivity index (χ0v) is 15.6. The quantitative estimate of drug-likeness (QED) is 0.372. The first-order valence-electron chi connectivity index (χ1n) is 8.42. The van der Waals surface area contributed by atoms with E-state index in [1.165, 1.54) is 0 Å². The molecule has 0 saturated carbocycles. The molecule has 8 nitrogen and oxygen atoms in total. The summed E-state index contributed by atoms with van der Waals surface area (Å²) in [4.78, 5) is 8.54. The van der Waals surface area contributed by atoms with Gasteiger partial charge in [0.1, 0.15) is 5.75 Å². The summed E-state index contributed by atoms with van der Waals surface area (Å²) in [7, 11) is -1.45. The first-order chi connectivity index (χ1) is 12.0. The molecule has 9 heteroatoms. The molecule has 1 aromatic rings. The van der Waals surface area contributed by atoms with Gasteiger partial charge >= 0.3 is 0 Å². The lowest BCUT2D eigenvalue weighted by molar-refractivity contribution is 0.370. The van der Waals surface area contributed by atoms with Crippen molar-refractivity contribution in [3.8, 4) is 5.75 Å². The van der Waals surface area contributed by atoms with Crippen LogP contribution >= 0.6 is 0 Å². The van der Waals surface area contributed by atoms with Gasteiger partial charge < -0.3 is 20.2 Å². The predicted molar refractivity (Wildman–Crippen MR) is 101 cm³/mol. The third kappa shape index (κ3) is 5.50. The molecule has 0 atom stereocenters. The van der Waals surface area contributed by atoms with Gasteiger partial charge in [-0.25, -0.2) is 13.1 Å². The first-order valence-corrected chi connectivity index (χ1v) is 10.1. The third-order valence-corrected chi connectivity index (χ3v) is 5.53. The van der Waals surface area contributed by atoms with Gasteiger partial charge in [-0.05, 0) is 19.1 Å². The van der Waals surface area contributed by atoms with Crippen LogP contribution in [0.25, 0.3) is 0 Å². The monoisotopic (exact) mass is 369 g/mol. The molecule has 1 aromatic carbocycles. The van der Waals surface area contributed by atoms with Crippen LogP contribution in [0, 0.1) is 0 Å². The number of hydrogen-bond acceptors (Lipinski definition) is 5. The third-order valence-electron chi connectivity index (χ3n) is 4.12.